The molecule has 1 heterocycles. The van der Waals surface area contributed by atoms with Gasteiger partial charge in [-0.15, -0.1) is 0 Å². The predicted octanol–water partition coefficient (Wildman–Crippen LogP) is 6.56. The van der Waals surface area contributed by atoms with Crippen LogP contribution in [0.15, 0.2) is 82.0 Å². The Kier molecular flexibility index (Phi) is 6.49. The van der Waals surface area contributed by atoms with Gasteiger partial charge in [-0.05, 0) is 55.0 Å². The number of anilines is 1. The van der Waals surface area contributed by atoms with Crippen LogP contribution in [0, 0.1) is 0 Å². The van der Waals surface area contributed by atoms with E-state index in [1.165, 1.54) is 0 Å². The summed E-state index contributed by atoms with van der Waals surface area (Å²) < 4.78 is 12.0. The van der Waals surface area contributed by atoms with E-state index in [4.69, 9.17) is 32.4 Å². The first-order chi connectivity index (χ1) is 15.5. The Labute approximate surface area is 194 Å². The number of hydrogen-bond donors (Lipinski definition) is 1. The van der Waals surface area contributed by atoms with Gasteiger partial charge in [0.15, 0.2) is 11.9 Å². The fourth-order valence-electron chi connectivity index (χ4n) is 3.28. The van der Waals surface area contributed by atoms with Crippen molar-refractivity contribution < 1.29 is 13.9 Å². The lowest BCUT2D eigenvalue weighted by Gasteiger charge is -2.19. The molecule has 0 aliphatic rings. The molecule has 1 unspecified atom stereocenters. The van der Waals surface area contributed by atoms with E-state index in [2.05, 4.69) is 5.32 Å². The summed E-state index contributed by atoms with van der Waals surface area (Å²) in [6.45, 7) is 1.80. The second-order valence-corrected chi connectivity index (χ2v) is 7.92. The predicted molar refractivity (Wildman–Crippen MR) is 128 cm³/mol. The van der Waals surface area contributed by atoms with Crippen molar-refractivity contribution in [1.82, 2.24) is 0 Å². The zero-order chi connectivity index (χ0) is 22.7. The van der Waals surface area contributed by atoms with Crippen LogP contribution in [0.3, 0.4) is 0 Å². The van der Waals surface area contributed by atoms with E-state index >= 15 is 0 Å². The highest BCUT2D eigenvalue weighted by atomic mass is 35.5. The molecule has 1 N–H and O–H groups in total. The molecule has 3 aromatic carbocycles. The molecule has 5 nitrogen and oxygen atoms in total. The molecule has 4 aromatic rings. The number of fused-ring (bicyclic) bond motifs is 1. The van der Waals surface area contributed by atoms with Gasteiger partial charge in [-0.3, -0.25) is 9.59 Å². The summed E-state index contributed by atoms with van der Waals surface area (Å²) in [5.74, 6) is -0.278. The van der Waals surface area contributed by atoms with Gasteiger partial charge < -0.3 is 14.5 Å². The van der Waals surface area contributed by atoms with Gasteiger partial charge in [0, 0.05) is 16.3 Å². The molecule has 0 aliphatic heterocycles. The molecule has 162 valence electrons. The Morgan fingerprint density at radius 3 is 2.41 bits per heavy atom. The highest BCUT2D eigenvalue weighted by Gasteiger charge is 2.25. The smallest absolute Gasteiger partial charge is 0.265 e. The van der Waals surface area contributed by atoms with Gasteiger partial charge >= 0.3 is 0 Å². The second-order valence-electron chi connectivity index (χ2n) is 7.08. The number of ether oxygens (including phenoxy) is 1. The third-order valence-electron chi connectivity index (χ3n) is 4.91. The maximum Gasteiger partial charge on any atom is 0.265 e. The number of hydrogen-bond acceptors (Lipinski definition) is 4. The molecule has 1 amide bonds. The van der Waals surface area contributed by atoms with Crippen LogP contribution >= 0.6 is 23.2 Å². The molecule has 0 saturated carbocycles. The van der Waals surface area contributed by atoms with E-state index in [1.807, 2.05) is 0 Å². The molecule has 0 aliphatic carbocycles. The fourth-order valence-corrected chi connectivity index (χ4v) is 3.62. The van der Waals surface area contributed by atoms with Gasteiger partial charge in [0.2, 0.25) is 11.2 Å². The highest BCUT2D eigenvalue weighted by Crippen LogP contribution is 2.35. The fraction of sp³-hybridized carbons (Fsp3) is 0.120. The number of rotatable bonds is 6. The van der Waals surface area contributed by atoms with Crippen LogP contribution < -0.4 is 15.5 Å². The Bertz CT molecular complexity index is 1330. The minimum Gasteiger partial charge on any atom is -0.473 e. The molecule has 0 saturated heterocycles. The van der Waals surface area contributed by atoms with Crippen LogP contribution in [0.1, 0.15) is 13.3 Å². The lowest BCUT2D eigenvalue weighted by atomic mass is 10.1. The maximum atomic E-state index is 13.3. The lowest BCUT2D eigenvalue weighted by molar-refractivity contribution is -0.122. The van der Waals surface area contributed by atoms with Crippen LogP contribution in [0.2, 0.25) is 10.0 Å². The van der Waals surface area contributed by atoms with E-state index in [1.54, 1.807) is 79.7 Å². The number of benzene rings is 3. The summed E-state index contributed by atoms with van der Waals surface area (Å²) in [5.41, 5.74) is 1.09. The van der Waals surface area contributed by atoms with Crippen molar-refractivity contribution >= 4 is 45.8 Å². The highest BCUT2D eigenvalue weighted by molar-refractivity contribution is 6.33. The van der Waals surface area contributed by atoms with E-state index in [9.17, 15) is 9.59 Å². The zero-order valence-electron chi connectivity index (χ0n) is 17.1. The van der Waals surface area contributed by atoms with Crippen LogP contribution in [0.25, 0.3) is 22.3 Å². The van der Waals surface area contributed by atoms with Crippen molar-refractivity contribution in [3.63, 3.8) is 0 Å². The van der Waals surface area contributed by atoms with E-state index in [0.29, 0.717) is 38.7 Å². The minimum atomic E-state index is -0.934. The van der Waals surface area contributed by atoms with E-state index in [0.717, 1.165) is 0 Å². The van der Waals surface area contributed by atoms with Gasteiger partial charge in [-0.25, -0.2) is 0 Å². The number of carbonyl (C=O) groups is 1. The second kappa shape index (κ2) is 9.47. The first-order valence-corrected chi connectivity index (χ1v) is 10.8. The monoisotopic (exact) mass is 467 g/mol. The van der Waals surface area contributed by atoms with Crippen LogP contribution in [-0.2, 0) is 4.79 Å². The molecule has 0 spiro atoms. The molecule has 32 heavy (non-hydrogen) atoms. The standard InChI is InChI=1S/C25H19Cl2NO4/c1-2-20(25(30)28-16-13-11-15(26)12-14-16)31-24-22(29)18-8-4-6-10-21(18)32-23(24)17-7-3-5-9-19(17)27/h3-14,20H,2H2,1H3,(H,28,30). The van der Waals surface area contributed by atoms with Crippen molar-refractivity contribution in [2.75, 3.05) is 5.32 Å². The number of nitrogens with one attached hydrogen (secondary N) is 1. The number of para-hydroxylation sites is 1. The summed E-state index contributed by atoms with van der Waals surface area (Å²) in [6, 6.07) is 20.6. The Morgan fingerprint density at radius 1 is 1.00 bits per heavy atom. The van der Waals surface area contributed by atoms with E-state index in [-0.39, 0.29) is 16.9 Å². The first-order valence-electron chi connectivity index (χ1n) is 10.0. The van der Waals surface area contributed by atoms with Gasteiger partial charge in [0.1, 0.15) is 5.58 Å². The van der Waals surface area contributed by atoms with E-state index < -0.39 is 12.0 Å². The normalized spacial score (nSPS) is 11.8. The average Bonchev–Trinajstić information content (AvgIpc) is 2.80. The number of halogens is 2. The molecule has 1 atom stereocenters. The van der Waals surface area contributed by atoms with Crippen molar-refractivity contribution in [1.29, 1.82) is 0 Å². The average molecular weight is 468 g/mol. The lowest BCUT2D eigenvalue weighted by Crippen LogP contribution is -2.34. The van der Waals surface area contributed by atoms with Crippen molar-refractivity contribution in [2.24, 2.45) is 0 Å². The molecular formula is C25H19Cl2NO4. The van der Waals surface area contributed by atoms with Crippen molar-refractivity contribution in [3.8, 4) is 17.1 Å². The quantitative estimate of drug-likeness (QED) is 0.348. The third kappa shape index (κ3) is 4.49. The molecule has 1 aromatic heterocycles. The summed E-state index contributed by atoms with van der Waals surface area (Å²) >= 11 is 12.3. The molecular weight excluding hydrogens is 449 g/mol. The SMILES string of the molecule is CCC(Oc1c(-c2ccccc2Cl)oc2ccccc2c1=O)C(=O)Nc1ccc(Cl)cc1. The van der Waals surface area contributed by atoms with Gasteiger partial charge in [-0.2, -0.15) is 0 Å². The summed E-state index contributed by atoms with van der Waals surface area (Å²) in [6.07, 6.45) is -0.607. The van der Waals surface area contributed by atoms with Crippen LogP contribution in [-0.4, -0.2) is 12.0 Å². The van der Waals surface area contributed by atoms with Crippen LogP contribution in [0.4, 0.5) is 5.69 Å². The molecule has 0 radical (unpaired) electrons. The Hall–Kier alpha value is -3.28. The summed E-state index contributed by atoms with van der Waals surface area (Å²) in [5, 5.41) is 4.10. The van der Waals surface area contributed by atoms with Gasteiger partial charge in [-0.1, -0.05) is 54.4 Å². The van der Waals surface area contributed by atoms with Gasteiger partial charge in [0.25, 0.3) is 5.91 Å². The molecule has 0 bridgehead atoms. The summed E-state index contributed by atoms with van der Waals surface area (Å²) in [7, 11) is 0. The minimum absolute atomic E-state index is 0.0603. The molecule has 0 fully saturated rings. The Balaban J connectivity index is 1.76. The van der Waals surface area contributed by atoms with Crippen molar-refractivity contribution in [3.05, 3.63) is 93.1 Å². The van der Waals surface area contributed by atoms with Crippen molar-refractivity contribution in [2.45, 2.75) is 19.4 Å². The Morgan fingerprint density at radius 2 is 1.69 bits per heavy atom. The topological polar surface area (TPSA) is 68.5 Å². The molecule has 4 rings (SSSR count). The molecule has 7 heteroatoms. The number of amides is 1. The maximum absolute atomic E-state index is 13.3. The van der Waals surface area contributed by atoms with Gasteiger partial charge in [0.05, 0.1) is 10.4 Å². The zero-order valence-corrected chi connectivity index (χ0v) is 18.6. The third-order valence-corrected chi connectivity index (χ3v) is 5.49. The largest absolute Gasteiger partial charge is 0.473 e. The number of carbonyl (C=O) groups excluding carboxylic acids is 1. The van der Waals surface area contributed by atoms with Crippen LogP contribution in [0.5, 0.6) is 5.75 Å². The summed E-state index contributed by atoms with van der Waals surface area (Å²) in [4.78, 5) is 26.2. The first kappa shape index (κ1) is 21.9.